The number of hydrogen-bond acceptors (Lipinski definition) is 4. The zero-order chi connectivity index (χ0) is 14.0. The van der Waals surface area contributed by atoms with Crippen molar-refractivity contribution >= 4 is 27.5 Å². The average Bonchev–Trinajstić information content (AvgIpc) is 2.37. The van der Waals surface area contributed by atoms with Crippen molar-refractivity contribution in [1.82, 2.24) is 9.97 Å². The number of ether oxygens (including phenoxy) is 2. The summed E-state index contributed by atoms with van der Waals surface area (Å²) in [6, 6.07) is 5.33. The quantitative estimate of drug-likeness (QED) is 0.793. The number of rotatable bonds is 3. The molecule has 1 heterocycles. The minimum atomic E-state index is 0.407. The van der Waals surface area contributed by atoms with Crippen LogP contribution in [-0.4, -0.2) is 24.2 Å². The first-order valence-electron chi connectivity index (χ1n) is 5.48. The van der Waals surface area contributed by atoms with Gasteiger partial charge >= 0.3 is 0 Å². The van der Waals surface area contributed by atoms with Crippen molar-refractivity contribution < 1.29 is 9.47 Å². The highest BCUT2D eigenvalue weighted by Crippen LogP contribution is 2.37. The molecule has 19 heavy (non-hydrogen) atoms. The highest BCUT2D eigenvalue weighted by molar-refractivity contribution is 9.10. The summed E-state index contributed by atoms with van der Waals surface area (Å²) in [4.78, 5) is 8.60. The summed E-state index contributed by atoms with van der Waals surface area (Å²) in [5.41, 5.74) is 1.60. The van der Waals surface area contributed by atoms with E-state index in [2.05, 4.69) is 25.9 Å². The molecule has 0 spiro atoms. The van der Waals surface area contributed by atoms with Crippen molar-refractivity contribution in [2.24, 2.45) is 0 Å². The topological polar surface area (TPSA) is 44.2 Å². The number of benzene rings is 1. The maximum absolute atomic E-state index is 5.96. The fourth-order valence-electron chi connectivity index (χ4n) is 1.68. The third-order valence-corrected chi connectivity index (χ3v) is 3.39. The Labute approximate surface area is 124 Å². The predicted octanol–water partition coefficient (Wildman–Crippen LogP) is 3.89. The molecule has 0 fully saturated rings. The van der Waals surface area contributed by atoms with Gasteiger partial charge in [0.05, 0.1) is 14.2 Å². The van der Waals surface area contributed by atoms with Gasteiger partial charge in [0.25, 0.3) is 0 Å². The second-order valence-corrected chi connectivity index (χ2v) is 5.08. The molecule has 0 aliphatic rings. The van der Waals surface area contributed by atoms with Gasteiger partial charge in [-0.3, -0.25) is 0 Å². The standard InChI is InChI=1S/C13H12BrClN2O2/c1-7-4-12(15)17-13(16-7)8-5-10(18-2)11(19-3)6-9(8)14/h4-6H,1-3H3. The average molecular weight is 344 g/mol. The summed E-state index contributed by atoms with van der Waals surface area (Å²) in [6.07, 6.45) is 0. The number of nitrogens with zero attached hydrogens (tertiary/aromatic N) is 2. The lowest BCUT2D eigenvalue weighted by Gasteiger charge is -2.11. The molecule has 0 amide bonds. The van der Waals surface area contributed by atoms with Gasteiger partial charge in [-0.2, -0.15) is 0 Å². The van der Waals surface area contributed by atoms with Crippen molar-refractivity contribution in [2.45, 2.75) is 6.92 Å². The van der Waals surface area contributed by atoms with Crippen LogP contribution in [-0.2, 0) is 0 Å². The normalized spacial score (nSPS) is 10.4. The van der Waals surface area contributed by atoms with Crippen LogP contribution in [0.2, 0.25) is 5.15 Å². The first-order chi connectivity index (χ1) is 9.05. The van der Waals surface area contributed by atoms with Crippen molar-refractivity contribution in [2.75, 3.05) is 14.2 Å². The summed E-state index contributed by atoms with van der Waals surface area (Å²) in [6.45, 7) is 1.87. The highest BCUT2D eigenvalue weighted by Gasteiger charge is 2.14. The molecular formula is C13H12BrClN2O2. The van der Waals surface area contributed by atoms with E-state index in [0.29, 0.717) is 22.5 Å². The molecule has 1 aromatic carbocycles. The molecule has 4 nitrogen and oxygen atoms in total. The van der Waals surface area contributed by atoms with Gasteiger partial charge in [-0.15, -0.1) is 0 Å². The van der Waals surface area contributed by atoms with Gasteiger partial charge in [-0.25, -0.2) is 9.97 Å². The van der Waals surface area contributed by atoms with Gasteiger partial charge in [0, 0.05) is 15.7 Å². The minimum absolute atomic E-state index is 0.407. The number of aromatic nitrogens is 2. The van der Waals surface area contributed by atoms with E-state index in [-0.39, 0.29) is 0 Å². The predicted molar refractivity (Wildman–Crippen MR) is 78.0 cm³/mol. The van der Waals surface area contributed by atoms with Gasteiger partial charge in [0.2, 0.25) is 0 Å². The van der Waals surface area contributed by atoms with Gasteiger partial charge < -0.3 is 9.47 Å². The number of hydrogen-bond donors (Lipinski definition) is 0. The lowest BCUT2D eigenvalue weighted by atomic mass is 10.2. The monoisotopic (exact) mass is 342 g/mol. The minimum Gasteiger partial charge on any atom is -0.493 e. The van der Waals surface area contributed by atoms with Crippen molar-refractivity contribution in [3.63, 3.8) is 0 Å². The van der Waals surface area contributed by atoms with Crippen LogP contribution in [0.3, 0.4) is 0 Å². The SMILES string of the molecule is COc1cc(Br)c(-c2nc(C)cc(Cl)n2)cc1OC. The first-order valence-corrected chi connectivity index (χ1v) is 6.65. The maximum Gasteiger partial charge on any atom is 0.162 e. The Morgan fingerprint density at radius 2 is 1.68 bits per heavy atom. The molecular weight excluding hydrogens is 332 g/mol. The van der Waals surface area contributed by atoms with E-state index in [4.69, 9.17) is 21.1 Å². The van der Waals surface area contributed by atoms with Crippen molar-refractivity contribution in [1.29, 1.82) is 0 Å². The molecule has 2 aromatic rings. The molecule has 0 aliphatic heterocycles. The Morgan fingerprint density at radius 1 is 1.05 bits per heavy atom. The Morgan fingerprint density at radius 3 is 2.26 bits per heavy atom. The van der Waals surface area contributed by atoms with Crippen LogP contribution in [0, 0.1) is 6.92 Å². The summed E-state index contributed by atoms with van der Waals surface area (Å²) in [7, 11) is 3.17. The van der Waals surface area contributed by atoms with E-state index in [0.717, 1.165) is 15.7 Å². The molecule has 2 rings (SSSR count). The zero-order valence-corrected chi connectivity index (χ0v) is 13.0. The lowest BCUT2D eigenvalue weighted by Crippen LogP contribution is -1.96. The molecule has 0 saturated heterocycles. The van der Waals surface area contributed by atoms with Crippen molar-refractivity contribution in [3.8, 4) is 22.9 Å². The third-order valence-electron chi connectivity index (χ3n) is 2.54. The second-order valence-electron chi connectivity index (χ2n) is 3.84. The molecule has 1 aromatic heterocycles. The summed E-state index contributed by atoms with van der Waals surface area (Å²) >= 11 is 9.44. The van der Waals surface area contributed by atoms with Gasteiger partial charge in [0.15, 0.2) is 17.3 Å². The largest absolute Gasteiger partial charge is 0.493 e. The van der Waals surface area contributed by atoms with Crippen LogP contribution in [0.15, 0.2) is 22.7 Å². The first kappa shape index (κ1) is 14.1. The maximum atomic E-state index is 5.96. The molecule has 0 atom stereocenters. The van der Waals surface area contributed by atoms with Gasteiger partial charge in [-0.1, -0.05) is 11.6 Å². The fourth-order valence-corrected chi connectivity index (χ4v) is 2.41. The molecule has 0 radical (unpaired) electrons. The zero-order valence-electron chi connectivity index (χ0n) is 10.7. The van der Waals surface area contributed by atoms with E-state index in [1.807, 2.05) is 19.1 Å². The van der Waals surface area contributed by atoms with Crippen LogP contribution in [0.5, 0.6) is 11.5 Å². The molecule has 0 bridgehead atoms. The lowest BCUT2D eigenvalue weighted by molar-refractivity contribution is 0.355. The molecule has 0 aliphatic carbocycles. The van der Waals surface area contributed by atoms with Crippen LogP contribution in [0.25, 0.3) is 11.4 Å². The van der Waals surface area contributed by atoms with E-state index < -0.39 is 0 Å². The molecule has 0 saturated carbocycles. The molecule has 0 unspecified atom stereocenters. The van der Waals surface area contributed by atoms with E-state index in [1.54, 1.807) is 20.3 Å². The third kappa shape index (κ3) is 2.98. The molecule has 6 heteroatoms. The van der Waals surface area contributed by atoms with Crippen LogP contribution >= 0.6 is 27.5 Å². The fraction of sp³-hybridized carbons (Fsp3) is 0.231. The second kappa shape index (κ2) is 5.75. The Kier molecular flexibility index (Phi) is 4.27. The molecule has 100 valence electrons. The summed E-state index contributed by atoms with van der Waals surface area (Å²) in [5.74, 6) is 1.79. The van der Waals surface area contributed by atoms with E-state index >= 15 is 0 Å². The van der Waals surface area contributed by atoms with Crippen molar-refractivity contribution in [3.05, 3.63) is 33.5 Å². The number of aryl methyl sites for hydroxylation is 1. The van der Waals surface area contributed by atoms with E-state index in [9.17, 15) is 0 Å². The number of methoxy groups -OCH3 is 2. The highest BCUT2D eigenvalue weighted by atomic mass is 79.9. The Bertz CT molecular complexity index is 600. The molecule has 0 N–H and O–H groups in total. The van der Waals surface area contributed by atoms with Gasteiger partial charge in [0.1, 0.15) is 5.15 Å². The van der Waals surface area contributed by atoms with Crippen LogP contribution in [0.4, 0.5) is 0 Å². The van der Waals surface area contributed by atoms with E-state index in [1.165, 1.54) is 0 Å². The number of halogens is 2. The summed E-state index contributed by atoms with van der Waals surface area (Å²) < 4.78 is 11.3. The summed E-state index contributed by atoms with van der Waals surface area (Å²) in [5, 5.41) is 0.407. The van der Waals surface area contributed by atoms with Crippen LogP contribution < -0.4 is 9.47 Å². The Hall–Kier alpha value is -1.33. The smallest absolute Gasteiger partial charge is 0.162 e. The van der Waals surface area contributed by atoms with Crippen LogP contribution in [0.1, 0.15) is 5.69 Å². The Balaban J connectivity index is 2.61. The van der Waals surface area contributed by atoms with Gasteiger partial charge in [-0.05, 0) is 41.1 Å².